The van der Waals surface area contributed by atoms with E-state index < -0.39 is 0 Å². The van der Waals surface area contributed by atoms with Crippen molar-refractivity contribution < 1.29 is 0 Å². The summed E-state index contributed by atoms with van der Waals surface area (Å²) in [5.41, 5.74) is 2.18. The second-order valence-electron chi connectivity index (χ2n) is 2.93. The molecule has 0 spiro atoms. The number of aliphatic imine (C=N–C) groups is 2. The van der Waals surface area contributed by atoms with Crippen LogP contribution in [-0.4, -0.2) is 18.0 Å². The molecule has 0 aromatic heterocycles. The summed E-state index contributed by atoms with van der Waals surface area (Å²) in [6.07, 6.45) is 4.03. The molecule has 0 fully saturated rings. The second kappa shape index (κ2) is 1.78. The van der Waals surface area contributed by atoms with Crippen LogP contribution in [0.25, 0.3) is 0 Å². The molecule has 1 unspecified atom stereocenters. The number of hydrogen-bond acceptors (Lipinski definition) is 2. The van der Waals surface area contributed by atoms with Gasteiger partial charge in [0.25, 0.3) is 0 Å². The van der Waals surface area contributed by atoms with Crippen molar-refractivity contribution in [2.45, 2.75) is 19.9 Å². The summed E-state index contributed by atoms with van der Waals surface area (Å²) in [6.45, 7) is 4.14. The van der Waals surface area contributed by atoms with Gasteiger partial charge in [-0.15, -0.1) is 0 Å². The van der Waals surface area contributed by atoms with E-state index in [1.165, 1.54) is 0 Å². The molecular formula is C8H10N2. The lowest BCUT2D eigenvalue weighted by atomic mass is 9.87. The van der Waals surface area contributed by atoms with Crippen LogP contribution in [0.2, 0.25) is 0 Å². The van der Waals surface area contributed by atoms with Gasteiger partial charge >= 0.3 is 0 Å². The largest absolute Gasteiger partial charge is 0.281 e. The summed E-state index contributed by atoms with van der Waals surface area (Å²) in [4.78, 5) is 8.66. The third-order valence-electron chi connectivity index (χ3n) is 1.96. The molecule has 2 aliphatic rings. The van der Waals surface area contributed by atoms with Crippen molar-refractivity contribution in [3.8, 4) is 0 Å². The average molecular weight is 134 g/mol. The molecule has 2 nitrogen and oxygen atoms in total. The fourth-order valence-electron chi connectivity index (χ4n) is 1.35. The van der Waals surface area contributed by atoms with E-state index in [4.69, 9.17) is 0 Å². The van der Waals surface area contributed by atoms with E-state index in [0.29, 0.717) is 12.0 Å². The van der Waals surface area contributed by atoms with Crippen molar-refractivity contribution in [3.05, 3.63) is 11.8 Å². The van der Waals surface area contributed by atoms with Crippen LogP contribution in [0, 0.1) is 5.92 Å². The Morgan fingerprint density at radius 2 is 2.30 bits per heavy atom. The molecule has 0 saturated heterocycles. The lowest BCUT2D eigenvalue weighted by molar-refractivity contribution is 0.532. The zero-order valence-electron chi connectivity index (χ0n) is 6.20. The Labute approximate surface area is 60.4 Å². The summed E-state index contributed by atoms with van der Waals surface area (Å²) < 4.78 is 0. The number of rotatable bonds is 0. The fraction of sp³-hybridized carbons (Fsp3) is 0.500. The van der Waals surface area contributed by atoms with E-state index in [1.807, 2.05) is 13.1 Å². The molecule has 10 heavy (non-hydrogen) atoms. The SMILES string of the molecule is CC1=NC2=CC(C)[C@@H]2N=C1. The minimum Gasteiger partial charge on any atom is -0.281 e. The Bertz CT molecular complexity index is 248. The molecule has 1 aliphatic carbocycles. The van der Waals surface area contributed by atoms with Gasteiger partial charge < -0.3 is 0 Å². The molecule has 0 saturated carbocycles. The first-order valence-corrected chi connectivity index (χ1v) is 3.57. The third-order valence-corrected chi connectivity index (χ3v) is 1.96. The predicted molar refractivity (Wildman–Crippen MR) is 42.6 cm³/mol. The molecular weight excluding hydrogens is 124 g/mol. The van der Waals surface area contributed by atoms with Crippen LogP contribution in [0.15, 0.2) is 21.8 Å². The third kappa shape index (κ3) is 0.649. The van der Waals surface area contributed by atoms with E-state index in [9.17, 15) is 0 Å². The highest BCUT2D eigenvalue weighted by Gasteiger charge is 2.29. The highest BCUT2D eigenvalue weighted by Crippen LogP contribution is 2.31. The monoisotopic (exact) mass is 134 g/mol. The van der Waals surface area contributed by atoms with Gasteiger partial charge in [0.2, 0.25) is 0 Å². The average Bonchev–Trinajstić information content (AvgIpc) is 1.86. The zero-order chi connectivity index (χ0) is 7.14. The summed E-state index contributed by atoms with van der Waals surface area (Å²) in [7, 11) is 0. The number of fused-ring (bicyclic) bond motifs is 1. The summed E-state index contributed by atoms with van der Waals surface area (Å²) >= 11 is 0. The van der Waals surface area contributed by atoms with Crippen molar-refractivity contribution in [3.63, 3.8) is 0 Å². The van der Waals surface area contributed by atoms with Crippen LogP contribution in [0.4, 0.5) is 0 Å². The number of nitrogens with zero attached hydrogens (tertiary/aromatic N) is 2. The zero-order valence-corrected chi connectivity index (χ0v) is 6.20. The van der Waals surface area contributed by atoms with E-state index in [-0.39, 0.29) is 0 Å². The molecule has 2 heteroatoms. The van der Waals surface area contributed by atoms with Crippen LogP contribution < -0.4 is 0 Å². The minimum absolute atomic E-state index is 0.378. The standard InChI is InChI=1S/C8H10N2/c1-5-3-7-8(5)9-4-6(2)10-7/h3-5,8H,1-2H3/t5?,8-/m0/s1. The van der Waals surface area contributed by atoms with Gasteiger partial charge in [0.05, 0.1) is 17.5 Å². The van der Waals surface area contributed by atoms with Gasteiger partial charge in [-0.05, 0) is 6.92 Å². The maximum Gasteiger partial charge on any atom is 0.0977 e. The van der Waals surface area contributed by atoms with Crippen LogP contribution in [0.3, 0.4) is 0 Å². The smallest absolute Gasteiger partial charge is 0.0977 e. The lowest BCUT2D eigenvalue weighted by Crippen LogP contribution is -2.29. The van der Waals surface area contributed by atoms with Gasteiger partial charge in [-0.3, -0.25) is 9.98 Å². The second-order valence-corrected chi connectivity index (χ2v) is 2.93. The molecule has 1 heterocycles. The van der Waals surface area contributed by atoms with Gasteiger partial charge in [0.1, 0.15) is 0 Å². The Morgan fingerprint density at radius 1 is 1.50 bits per heavy atom. The highest BCUT2D eigenvalue weighted by atomic mass is 15.0. The molecule has 0 N–H and O–H groups in total. The topological polar surface area (TPSA) is 24.7 Å². The van der Waals surface area contributed by atoms with Gasteiger partial charge in [-0.1, -0.05) is 13.0 Å². The fourth-order valence-corrected chi connectivity index (χ4v) is 1.35. The summed E-state index contributed by atoms with van der Waals surface area (Å²) in [5.74, 6) is 0.600. The molecule has 0 aromatic rings. The molecule has 52 valence electrons. The number of hydrogen-bond donors (Lipinski definition) is 0. The van der Waals surface area contributed by atoms with Crippen LogP contribution in [-0.2, 0) is 0 Å². The maximum atomic E-state index is 4.34. The summed E-state index contributed by atoms with van der Waals surface area (Å²) in [5, 5.41) is 0. The highest BCUT2D eigenvalue weighted by molar-refractivity contribution is 6.30. The van der Waals surface area contributed by atoms with E-state index >= 15 is 0 Å². The van der Waals surface area contributed by atoms with Gasteiger partial charge in [-0.2, -0.15) is 0 Å². The molecule has 0 aromatic carbocycles. The van der Waals surface area contributed by atoms with Crippen LogP contribution in [0.1, 0.15) is 13.8 Å². The van der Waals surface area contributed by atoms with Gasteiger partial charge in [-0.25, -0.2) is 0 Å². The first-order valence-electron chi connectivity index (χ1n) is 3.57. The normalized spacial score (nSPS) is 35.8. The van der Waals surface area contributed by atoms with Crippen LogP contribution in [0.5, 0.6) is 0 Å². The van der Waals surface area contributed by atoms with Crippen molar-refractivity contribution in [2.24, 2.45) is 15.9 Å². The van der Waals surface area contributed by atoms with Crippen molar-refractivity contribution in [1.29, 1.82) is 0 Å². The van der Waals surface area contributed by atoms with E-state index in [0.717, 1.165) is 11.4 Å². The first kappa shape index (κ1) is 5.83. The van der Waals surface area contributed by atoms with Gasteiger partial charge in [0, 0.05) is 12.1 Å². The van der Waals surface area contributed by atoms with Crippen molar-refractivity contribution >= 4 is 11.9 Å². The Balaban J connectivity index is 2.33. The van der Waals surface area contributed by atoms with Crippen LogP contribution >= 0.6 is 0 Å². The Morgan fingerprint density at radius 3 is 2.90 bits per heavy atom. The maximum absolute atomic E-state index is 4.34. The Kier molecular flexibility index (Phi) is 1.04. The van der Waals surface area contributed by atoms with E-state index in [1.54, 1.807) is 0 Å². The molecule has 0 bridgehead atoms. The van der Waals surface area contributed by atoms with Gasteiger partial charge in [0.15, 0.2) is 0 Å². The first-order chi connectivity index (χ1) is 4.77. The van der Waals surface area contributed by atoms with E-state index in [2.05, 4.69) is 23.0 Å². The van der Waals surface area contributed by atoms with Crippen molar-refractivity contribution in [1.82, 2.24) is 0 Å². The molecule has 2 atom stereocenters. The Hall–Kier alpha value is -0.920. The molecule has 0 amide bonds. The summed E-state index contributed by atoms with van der Waals surface area (Å²) in [6, 6.07) is 0.378. The predicted octanol–water partition coefficient (Wildman–Crippen LogP) is 1.43. The molecule has 1 aliphatic heterocycles. The minimum atomic E-state index is 0.378. The van der Waals surface area contributed by atoms with Crippen molar-refractivity contribution in [2.75, 3.05) is 0 Å². The quantitative estimate of drug-likeness (QED) is 0.479. The molecule has 0 radical (unpaired) electrons. The lowest BCUT2D eigenvalue weighted by Gasteiger charge is -2.29. The molecule has 2 rings (SSSR count).